The summed E-state index contributed by atoms with van der Waals surface area (Å²) in [6.07, 6.45) is 0.815. The molecule has 0 saturated carbocycles. The Balaban J connectivity index is 1.96. The van der Waals surface area contributed by atoms with Gasteiger partial charge in [-0.2, -0.15) is 0 Å². The maximum atomic E-state index is 13.2. The van der Waals surface area contributed by atoms with Crippen molar-refractivity contribution in [3.05, 3.63) is 46.2 Å². The molecule has 4 amide bonds. The largest absolute Gasteiger partial charge is 0.463 e. The predicted octanol–water partition coefficient (Wildman–Crippen LogP) is 2.55. The summed E-state index contributed by atoms with van der Waals surface area (Å²) < 4.78 is 5.45. The number of esters is 1. The van der Waals surface area contributed by atoms with Crippen molar-refractivity contribution in [2.45, 2.75) is 40.2 Å². The number of urea groups is 2. The molecule has 34 heavy (non-hydrogen) atoms. The maximum Gasteiger partial charge on any atom is 0.338 e. The first-order chi connectivity index (χ1) is 16.3. The Morgan fingerprint density at radius 3 is 2.62 bits per heavy atom. The number of carbonyl (C=O) groups is 3. The van der Waals surface area contributed by atoms with Crippen molar-refractivity contribution < 1.29 is 19.1 Å². The molecule has 1 fully saturated rings. The van der Waals surface area contributed by atoms with Crippen molar-refractivity contribution in [3.8, 4) is 0 Å². The number of benzene rings is 1. The zero-order chi connectivity index (χ0) is 24.8. The van der Waals surface area contributed by atoms with Crippen LogP contribution in [0.3, 0.4) is 0 Å². The molecule has 0 radical (unpaired) electrons. The second kappa shape index (κ2) is 11.4. The van der Waals surface area contributed by atoms with Crippen LogP contribution in [-0.4, -0.2) is 85.7 Å². The molecule has 2 N–H and O–H groups in total. The van der Waals surface area contributed by atoms with E-state index in [1.165, 1.54) is 4.90 Å². The van der Waals surface area contributed by atoms with Crippen molar-refractivity contribution >= 4 is 18.0 Å². The number of ether oxygens (including phenoxy) is 1. The minimum Gasteiger partial charge on any atom is -0.463 e. The fourth-order valence-electron chi connectivity index (χ4n) is 4.51. The van der Waals surface area contributed by atoms with E-state index in [9.17, 15) is 14.4 Å². The summed E-state index contributed by atoms with van der Waals surface area (Å²) in [6.45, 7) is 11.6. The van der Waals surface area contributed by atoms with Crippen LogP contribution in [0.4, 0.5) is 9.59 Å². The van der Waals surface area contributed by atoms with Crippen molar-refractivity contribution in [1.82, 2.24) is 25.3 Å². The topological polar surface area (TPSA) is 94.2 Å². The summed E-state index contributed by atoms with van der Waals surface area (Å²) in [6, 6.07) is 5.13. The highest BCUT2D eigenvalue weighted by Crippen LogP contribution is 2.33. The van der Waals surface area contributed by atoms with Crippen LogP contribution in [0.1, 0.15) is 43.0 Å². The number of hydrogen-bond donors (Lipinski definition) is 2. The van der Waals surface area contributed by atoms with Crippen LogP contribution in [0.15, 0.2) is 29.5 Å². The lowest BCUT2D eigenvalue weighted by Crippen LogP contribution is -2.49. The van der Waals surface area contributed by atoms with E-state index in [2.05, 4.69) is 15.5 Å². The van der Waals surface area contributed by atoms with Crippen molar-refractivity contribution in [2.75, 3.05) is 52.9 Å². The molecule has 2 aliphatic rings. The van der Waals surface area contributed by atoms with Crippen molar-refractivity contribution in [2.24, 2.45) is 0 Å². The first-order valence-corrected chi connectivity index (χ1v) is 12.0. The molecular weight excluding hydrogens is 434 g/mol. The minimum absolute atomic E-state index is 0.0556. The van der Waals surface area contributed by atoms with Crippen LogP contribution < -0.4 is 10.6 Å². The van der Waals surface area contributed by atoms with E-state index >= 15 is 0 Å². The molecule has 1 aromatic rings. The molecule has 2 aliphatic heterocycles. The zero-order valence-corrected chi connectivity index (χ0v) is 20.9. The van der Waals surface area contributed by atoms with Gasteiger partial charge >= 0.3 is 18.0 Å². The molecule has 186 valence electrons. The Hall–Kier alpha value is -3.07. The minimum atomic E-state index is -0.587. The molecular formula is C25H37N5O4. The molecule has 0 aromatic heterocycles. The summed E-state index contributed by atoms with van der Waals surface area (Å²) in [5, 5.41) is 5.86. The number of rotatable bonds is 6. The van der Waals surface area contributed by atoms with Gasteiger partial charge in [0.15, 0.2) is 0 Å². The van der Waals surface area contributed by atoms with Gasteiger partial charge in [0.1, 0.15) is 0 Å². The van der Waals surface area contributed by atoms with Gasteiger partial charge in [-0.3, -0.25) is 9.80 Å². The fourth-order valence-corrected chi connectivity index (χ4v) is 4.51. The van der Waals surface area contributed by atoms with E-state index in [0.29, 0.717) is 44.0 Å². The monoisotopic (exact) mass is 471 g/mol. The number of nitrogens with zero attached hydrogens (tertiary/aromatic N) is 3. The molecule has 0 unspecified atom stereocenters. The third-order valence-corrected chi connectivity index (χ3v) is 6.40. The number of amides is 4. The van der Waals surface area contributed by atoms with E-state index < -0.39 is 12.0 Å². The highest BCUT2D eigenvalue weighted by atomic mass is 16.5. The summed E-state index contributed by atoms with van der Waals surface area (Å²) in [4.78, 5) is 44.0. The molecule has 0 aliphatic carbocycles. The quantitative estimate of drug-likeness (QED) is 0.622. The highest BCUT2D eigenvalue weighted by molar-refractivity contribution is 5.95. The van der Waals surface area contributed by atoms with E-state index in [4.69, 9.17) is 4.74 Å². The van der Waals surface area contributed by atoms with E-state index in [0.717, 1.165) is 29.7 Å². The number of likely N-dealkylation sites (N-methyl/N-ethyl adjacent to an activating group) is 1. The Morgan fingerprint density at radius 2 is 1.91 bits per heavy atom. The molecule has 0 spiro atoms. The highest BCUT2D eigenvalue weighted by Gasteiger charge is 2.38. The molecule has 3 rings (SSSR count). The molecule has 1 aromatic carbocycles. The maximum absolute atomic E-state index is 13.2. The number of hydrogen-bond acceptors (Lipinski definition) is 5. The van der Waals surface area contributed by atoms with Crippen LogP contribution in [0.25, 0.3) is 0 Å². The Morgan fingerprint density at radius 1 is 1.15 bits per heavy atom. The van der Waals surface area contributed by atoms with Gasteiger partial charge in [-0.25, -0.2) is 14.4 Å². The Kier molecular flexibility index (Phi) is 8.55. The standard InChI is InChI=1S/C25H37N5O4/c1-6-26-24(32)30-12-8-11-29(13-14-30)16-20-21(23(31)34-7-2)22(27-25(33)28(20)5)19-15-17(3)9-10-18(19)4/h9-10,15,22H,6-8,11-14,16H2,1-5H3,(H,26,32)(H,27,33)/t22-/m0/s1. The average molecular weight is 472 g/mol. The molecule has 9 heteroatoms. The average Bonchev–Trinajstić information content (AvgIpc) is 3.04. The fraction of sp³-hybridized carbons (Fsp3) is 0.560. The van der Waals surface area contributed by atoms with Gasteiger partial charge in [0, 0.05) is 52.0 Å². The van der Waals surface area contributed by atoms with Crippen LogP contribution in [-0.2, 0) is 9.53 Å². The molecule has 1 atom stereocenters. The van der Waals surface area contributed by atoms with Crippen LogP contribution >= 0.6 is 0 Å². The van der Waals surface area contributed by atoms with Crippen LogP contribution in [0.2, 0.25) is 0 Å². The smallest absolute Gasteiger partial charge is 0.338 e. The number of nitrogens with one attached hydrogen (secondary N) is 2. The summed E-state index contributed by atoms with van der Waals surface area (Å²) in [5.74, 6) is -0.422. The third kappa shape index (κ3) is 5.70. The number of carbonyl (C=O) groups excluding carboxylic acids is 3. The lowest BCUT2D eigenvalue weighted by Gasteiger charge is -2.37. The normalized spacial score (nSPS) is 19.6. The van der Waals surface area contributed by atoms with Gasteiger partial charge < -0.3 is 20.3 Å². The first kappa shape index (κ1) is 25.6. The van der Waals surface area contributed by atoms with Gasteiger partial charge in [-0.05, 0) is 45.2 Å². The second-order valence-electron chi connectivity index (χ2n) is 8.83. The Labute approximate surface area is 202 Å². The molecule has 9 nitrogen and oxygen atoms in total. The van der Waals surface area contributed by atoms with Gasteiger partial charge in [0.2, 0.25) is 0 Å². The summed E-state index contributed by atoms with van der Waals surface area (Å²) >= 11 is 0. The van der Waals surface area contributed by atoms with Crippen molar-refractivity contribution in [3.63, 3.8) is 0 Å². The van der Waals surface area contributed by atoms with E-state index in [1.54, 1.807) is 14.0 Å². The molecule has 1 saturated heterocycles. The van der Waals surface area contributed by atoms with Gasteiger partial charge in [0.05, 0.1) is 18.2 Å². The summed E-state index contributed by atoms with van der Waals surface area (Å²) in [7, 11) is 1.68. The van der Waals surface area contributed by atoms with Crippen LogP contribution in [0.5, 0.6) is 0 Å². The van der Waals surface area contributed by atoms with Gasteiger partial charge in [0.25, 0.3) is 0 Å². The van der Waals surface area contributed by atoms with Gasteiger partial charge in [-0.15, -0.1) is 0 Å². The van der Waals surface area contributed by atoms with Gasteiger partial charge in [-0.1, -0.05) is 23.8 Å². The third-order valence-electron chi connectivity index (χ3n) is 6.40. The zero-order valence-electron chi connectivity index (χ0n) is 20.9. The predicted molar refractivity (Wildman–Crippen MR) is 130 cm³/mol. The Bertz CT molecular complexity index is 961. The van der Waals surface area contributed by atoms with E-state index in [-0.39, 0.29) is 18.7 Å². The SMILES string of the molecule is CCNC(=O)N1CCCN(CC2=C(C(=O)OCC)[C@H](c3cc(C)ccc3C)NC(=O)N2C)CC1. The summed E-state index contributed by atoms with van der Waals surface area (Å²) in [5.41, 5.74) is 4.03. The molecule has 0 bridgehead atoms. The second-order valence-corrected chi connectivity index (χ2v) is 8.83. The lowest BCUT2D eigenvalue weighted by molar-refractivity contribution is -0.139. The molecule has 2 heterocycles. The lowest BCUT2D eigenvalue weighted by atomic mass is 9.90. The van der Waals surface area contributed by atoms with E-state index in [1.807, 2.05) is 43.9 Å². The first-order valence-electron chi connectivity index (χ1n) is 12.0. The van der Waals surface area contributed by atoms with Crippen molar-refractivity contribution in [1.29, 1.82) is 0 Å². The van der Waals surface area contributed by atoms with Crippen LogP contribution in [0, 0.1) is 13.8 Å². The number of aryl methyl sites for hydroxylation is 2.